The molecule has 1 aliphatic rings. The summed E-state index contributed by atoms with van der Waals surface area (Å²) in [5.74, 6) is -0.444. The summed E-state index contributed by atoms with van der Waals surface area (Å²) in [5.41, 5.74) is 4.72. The van der Waals surface area contributed by atoms with Crippen LogP contribution in [0.1, 0.15) is 53.5 Å². The van der Waals surface area contributed by atoms with Crippen LogP contribution in [0.15, 0.2) is 89.9 Å². The Labute approximate surface area is 244 Å². The quantitative estimate of drug-likeness (QED) is 0.282. The molecule has 0 fully saturated rings. The molecule has 5 aromatic rings. The zero-order valence-electron chi connectivity index (χ0n) is 24.5. The molecule has 6 rings (SSSR count). The second kappa shape index (κ2) is 10.5. The van der Waals surface area contributed by atoms with Crippen molar-refractivity contribution in [2.75, 3.05) is 5.32 Å². The molecular weight excluding hydrogens is 526 g/mol. The van der Waals surface area contributed by atoms with Gasteiger partial charge in [-0.1, -0.05) is 68.4 Å². The maximum Gasteiger partial charge on any atom is 0.295 e. The van der Waals surface area contributed by atoms with E-state index in [9.17, 15) is 14.4 Å². The topological polar surface area (TPSA) is 81.3 Å². The number of hydrogen-bond acceptors (Lipinski definition) is 3. The SMILES string of the molecule is Cc1c(NC(=O)C(CC(C)C)N2C(=O)c3ccccc3C2c2cn(C)c3ccccc23)c(=O)n(-c2ccccc2)n1C. The molecule has 0 radical (unpaired) electrons. The van der Waals surface area contributed by atoms with Crippen LogP contribution in [0.5, 0.6) is 0 Å². The van der Waals surface area contributed by atoms with E-state index in [0.29, 0.717) is 23.4 Å². The second-order valence-electron chi connectivity index (χ2n) is 11.5. The molecule has 8 nitrogen and oxygen atoms in total. The highest BCUT2D eigenvalue weighted by Gasteiger charge is 2.45. The van der Waals surface area contributed by atoms with Crippen molar-refractivity contribution in [1.82, 2.24) is 18.8 Å². The van der Waals surface area contributed by atoms with Gasteiger partial charge in [-0.25, -0.2) is 4.68 Å². The summed E-state index contributed by atoms with van der Waals surface area (Å²) >= 11 is 0. The van der Waals surface area contributed by atoms with E-state index in [-0.39, 0.29) is 29.0 Å². The van der Waals surface area contributed by atoms with Gasteiger partial charge in [-0.2, -0.15) is 0 Å². The van der Waals surface area contributed by atoms with Crippen molar-refractivity contribution < 1.29 is 9.59 Å². The van der Waals surface area contributed by atoms with Gasteiger partial charge in [0.15, 0.2) is 0 Å². The van der Waals surface area contributed by atoms with Crippen molar-refractivity contribution >= 4 is 28.4 Å². The average molecular weight is 562 g/mol. The molecule has 3 aromatic carbocycles. The first-order valence-corrected chi connectivity index (χ1v) is 14.3. The number of benzene rings is 3. The first kappa shape index (κ1) is 27.3. The number of para-hydroxylation sites is 2. The summed E-state index contributed by atoms with van der Waals surface area (Å²) < 4.78 is 5.34. The molecule has 8 heteroatoms. The minimum Gasteiger partial charge on any atom is -0.350 e. The number of amides is 2. The van der Waals surface area contributed by atoms with Crippen LogP contribution in [-0.4, -0.2) is 36.7 Å². The van der Waals surface area contributed by atoms with Gasteiger partial charge in [-0.05, 0) is 49.1 Å². The van der Waals surface area contributed by atoms with Gasteiger partial charge in [0.2, 0.25) is 5.91 Å². The van der Waals surface area contributed by atoms with Crippen molar-refractivity contribution in [2.45, 2.75) is 39.3 Å². The number of carbonyl (C=O) groups excluding carboxylic acids is 2. The predicted octanol–water partition coefficient (Wildman–Crippen LogP) is 5.57. The summed E-state index contributed by atoms with van der Waals surface area (Å²) in [6.07, 6.45) is 2.49. The predicted molar refractivity (Wildman–Crippen MR) is 165 cm³/mol. The summed E-state index contributed by atoms with van der Waals surface area (Å²) in [6.45, 7) is 5.89. The molecule has 214 valence electrons. The number of nitrogens with one attached hydrogen (secondary N) is 1. The van der Waals surface area contributed by atoms with Gasteiger partial charge >= 0.3 is 0 Å². The summed E-state index contributed by atoms with van der Waals surface area (Å²) in [6, 6.07) is 23.8. The molecular formula is C34H35N5O3. The first-order valence-electron chi connectivity index (χ1n) is 14.3. The molecule has 0 spiro atoms. The van der Waals surface area contributed by atoms with Crippen LogP contribution in [0.25, 0.3) is 16.6 Å². The number of fused-ring (bicyclic) bond motifs is 2. The zero-order chi connectivity index (χ0) is 29.7. The molecule has 2 aromatic heterocycles. The molecule has 0 saturated carbocycles. The van der Waals surface area contributed by atoms with Gasteiger partial charge in [0.25, 0.3) is 11.5 Å². The van der Waals surface area contributed by atoms with Crippen LogP contribution in [0.4, 0.5) is 5.69 Å². The molecule has 42 heavy (non-hydrogen) atoms. The van der Waals surface area contributed by atoms with Gasteiger partial charge in [0.1, 0.15) is 11.7 Å². The lowest BCUT2D eigenvalue weighted by molar-refractivity contribution is -0.121. The Morgan fingerprint density at radius 2 is 1.55 bits per heavy atom. The first-order chi connectivity index (χ1) is 20.2. The number of anilines is 1. The van der Waals surface area contributed by atoms with Gasteiger partial charge in [0.05, 0.1) is 17.4 Å². The van der Waals surface area contributed by atoms with E-state index in [0.717, 1.165) is 22.0 Å². The van der Waals surface area contributed by atoms with Crippen molar-refractivity contribution in [3.63, 3.8) is 0 Å². The van der Waals surface area contributed by atoms with Crippen LogP contribution >= 0.6 is 0 Å². The van der Waals surface area contributed by atoms with Crippen molar-refractivity contribution in [1.29, 1.82) is 0 Å². The minimum atomic E-state index is -0.807. The largest absolute Gasteiger partial charge is 0.350 e. The van der Waals surface area contributed by atoms with Gasteiger partial charge in [0, 0.05) is 42.3 Å². The fourth-order valence-electron chi connectivity index (χ4n) is 6.28. The molecule has 2 unspecified atom stereocenters. The van der Waals surface area contributed by atoms with Crippen LogP contribution in [0.2, 0.25) is 0 Å². The Hall–Kier alpha value is -4.85. The van der Waals surface area contributed by atoms with E-state index in [2.05, 4.69) is 28.2 Å². The number of carbonyl (C=O) groups is 2. The lowest BCUT2D eigenvalue weighted by atomic mass is 9.95. The molecule has 0 bridgehead atoms. The van der Waals surface area contributed by atoms with E-state index in [1.807, 2.05) is 94.5 Å². The molecule has 1 N–H and O–H groups in total. The van der Waals surface area contributed by atoms with E-state index in [1.54, 1.807) is 16.6 Å². The summed E-state index contributed by atoms with van der Waals surface area (Å²) in [4.78, 5) is 43.8. The third kappa shape index (κ3) is 4.34. The molecule has 0 saturated heterocycles. The normalized spacial score (nSPS) is 15.4. The van der Waals surface area contributed by atoms with Gasteiger partial charge < -0.3 is 14.8 Å². The van der Waals surface area contributed by atoms with Crippen molar-refractivity contribution in [3.05, 3.63) is 118 Å². The highest BCUT2D eigenvalue weighted by Crippen LogP contribution is 2.43. The number of hydrogen-bond donors (Lipinski definition) is 1. The highest BCUT2D eigenvalue weighted by atomic mass is 16.2. The molecule has 1 aliphatic heterocycles. The third-order valence-corrected chi connectivity index (χ3v) is 8.36. The lowest BCUT2D eigenvalue weighted by Gasteiger charge is -2.33. The number of nitrogens with zero attached hydrogens (tertiary/aromatic N) is 4. The maximum atomic E-state index is 14.3. The van der Waals surface area contributed by atoms with E-state index < -0.39 is 12.1 Å². The van der Waals surface area contributed by atoms with E-state index in [1.165, 1.54) is 4.68 Å². The van der Waals surface area contributed by atoms with Gasteiger partial charge in [-0.15, -0.1) is 0 Å². The van der Waals surface area contributed by atoms with Crippen LogP contribution in [0.3, 0.4) is 0 Å². The minimum absolute atomic E-state index is 0.114. The lowest BCUT2D eigenvalue weighted by Crippen LogP contribution is -2.47. The van der Waals surface area contributed by atoms with E-state index >= 15 is 0 Å². The van der Waals surface area contributed by atoms with Crippen LogP contribution < -0.4 is 10.9 Å². The van der Waals surface area contributed by atoms with Crippen molar-refractivity contribution in [3.8, 4) is 5.69 Å². The van der Waals surface area contributed by atoms with Crippen LogP contribution in [-0.2, 0) is 18.9 Å². The smallest absolute Gasteiger partial charge is 0.295 e. The second-order valence-corrected chi connectivity index (χ2v) is 11.5. The molecule has 0 aliphatic carbocycles. The molecule has 2 atom stereocenters. The van der Waals surface area contributed by atoms with Crippen molar-refractivity contribution in [2.24, 2.45) is 20.0 Å². The van der Waals surface area contributed by atoms with Gasteiger partial charge in [-0.3, -0.25) is 19.1 Å². The number of rotatable bonds is 7. The number of aryl methyl sites for hydroxylation is 1. The fourth-order valence-corrected chi connectivity index (χ4v) is 6.28. The Kier molecular flexibility index (Phi) is 6.85. The highest BCUT2D eigenvalue weighted by molar-refractivity contribution is 6.05. The number of aromatic nitrogens is 3. The summed E-state index contributed by atoms with van der Waals surface area (Å²) in [5, 5.41) is 4.00. The third-order valence-electron chi connectivity index (χ3n) is 8.36. The average Bonchev–Trinajstić information content (AvgIpc) is 3.55. The Balaban J connectivity index is 1.46. The van der Waals surface area contributed by atoms with E-state index in [4.69, 9.17) is 0 Å². The zero-order valence-corrected chi connectivity index (χ0v) is 24.5. The Morgan fingerprint density at radius 3 is 2.29 bits per heavy atom. The molecule has 3 heterocycles. The maximum absolute atomic E-state index is 14.3. The molecule has 2 amide bonds. The fraction of sp³-hybridized carbons (Fsp3) is 0.265. The Morgan fingerprint density at radius 1 is 0.881 bits per heavy atom. The summed E-state index contributed by atoms with van der Waals surface area (Å²) in [7, 11) is 3.79. The Bertz CT molecular complexity index is 1880. The standard InChI is InChI=1S/C34H35N5O3/c1-21(2)19-29(32(40)35-30-22(3)37(5)39(34(30)42)23-13-7-6-8-14-23)38-31(25-16-9-10-17-26(25)33(38)41)27-20-36(4)28-18-12-11-15-24(27)28/h6-18,20-21,29,31H,19H2,1-5H3,(H,35,40). The van der Waals surface area contributed by atoms with Crippen LogP contribution in [0, 0.1) is 12.8 Å². The monoisotopic (exact) mass is 561 g/mol.